The molecule has 17 heavy (non-hydrogen) atoms. The summed E-state index contributed by atoms with van der Waals surface area (Å²) >= 11 is 0. The number of halogens is 2. The number of rotatable bonds is 5. The molecule has 0 aliphatic rings. The third kappa shape index (κ3) is 4.11. The lowest BCUT2D eigenvalue weighted by Crippen LogP contribution is -2.27. The molecule has 94 valence electrons. The quantitative estimate of drug-likeness (QED) is 0.833. The molecule has 3 nitrogen and oxygen atoms in total. The number of hydrogen-bond donors (Lipinski definition) is 2. The molecule has 1 aromatic rings. The zero-order valence-electron chi connectivity index (χ0n) is 9.67. The first-order chi connectivity index (χ1) is 8.04. The fraction of sp³-hybridized carbons (Fsp3) is 0.417. The molecule has 0 aliphatic carbocycles. The summed E-state index contributed by atoms with van der Waals surface area (Å²) in [5.41, 5.74) is 5.52. The molecule has 0 fully saturated rings. The minimum absolute atomic E-state index is 0.101. The van der Waals surface area contributed by atoms with Crippen molar-refractivity contribution in [1.82, 2.24) is 0 Å². The van der Waals surface area contributed by atoms with Gasteiger partial charge in [-0.3, -0.25) is 4.79 Å². The fourth-order valence-corrected chi connectivity index (χ4v) is 1.51. The number of nitrogens with one attached hydrogen (secondary N) is 1. The lowest BCUT2D eigenvalue weighted by atomic mass is 10.1. The molecule has 0 bridgehead atoms. The lowest BCUT2D eigenvalue weighted by molar-refractivity contribution is -0.116. The maximum Gasteiger partial charge on any atom is 0.226 e. The summed E-state index contributed by atoms with van der Waals surface area (Å²) < 4.78 is 26.1. The largest absolute Gasteiger partial charge is 0.327 e. The number of carbonyl (C=O) groups is 1. The molecule has 1 rings (SSSR count). The first kappa shape index (κ1) is 13.6. The van der Waals surface area contributed by atoms with Gasteiger partial charge in [-0.15, -0.1) is 0 Å². The van der Waals surface area contributed by atoms with E-state index in [-0.39, 0.29) is 18.2 Å². The van der Waals surface area contributed by atoms with Crippen molar-refractivity contribution in [1.29, 1.82) is 0 Å². The van der Waals surface area contributed by atoms with Crippen LogP contribution in [0.1, 0.15) is 26.2 Å². The molecule has 5 heteroatoms. The molecule has 0 heterocycles. The summed E-state index contributed by atoms with van der Waals surface area (Å²) in [5.74, 6) is -2.44. The molecule has 0 aromatic heterocycles. The highest BCUT2D eigenvalue weighted by atomic mass is 19.2. The molecule has 1 atom stereocenters. The summed E-state index contributed by atoms with van der Waals surface area (Å²) in [4.78, 5) is 11.5. The van der Waals surface area contributed by atoms with Gasteiger partial charge in [-0.1, -0.05) is 19.4 Å². The minimum Gasteiger partial charge on any atom is -0.327 e. The van der Waals surface area contributed by atoms with Crippen molar-refractivity contribution in [2.24, 2.45) is 5.73 Å². The van der Waals surface area contributed by atoms with Crippen LogP contribution in [0.15, 0.2) is 18.2 Å². The summed E-state index contributed by atoms with van der Waals surface area (Å²) in [6.45, 7) is 1.96. The average Bonchev–Trinajstić information content (AvgIpc) is 2.25. The van der Waals surface area contributed by atoms with Gasteiger partial charge in [-0.25, -0.2) is 8.78 Å². The van der Waals surface area contributed by atoms with E-state index in [2.05, 4.69) is 5.32 Å². The molecule has 0 saturated carbocycles. The van der Waals surface area contributed by atoms with Gasteiger partial charge in [0, 0.05) is 12.5 Å². The molecule has 1 aromatic carbocycles. The van der Waals surface area contributed by atoms with Gasteiger partial charge in [0.05, 0.1) is 5.69 Å². The third-order valence-corrected chi connectivity index (χ3v) is 2.33. The molecule has 1 unspecified atom stereocenters. The van der Waals surface area contributed by atoms with Crippen LogP contribution in [0, 0.1) is 11.6 Å². The van der Waals surface area contributed by atoms with E-state index < -0.39 is 17.5 Å². The molecule has 0 radical (unpaired) electrons. The Bertz CT molecular complexity index is 396. The van der Waals surface area contributed by atoms with Crippen molar-refractivity contribution >= 4 is 11.6 Å². The number of anilines is 1. The van der Waals surface area contributed by atoms with Crippen LogP contribution in [0.25, 0.3) is 0 Å². The Kier molecular flexibility index (Phi) is 5.03. The van der Waals surface area contributed by atoms with Gasteiger partial charge in [0.15, 0.2) is 11.6 Å². The number of carbonyl (C=O) groups excluding carboxylic acids is 1. The second-order valence-corrected chi connectivity index (χ2v) is 3.90. The van der Waals surface area contributed by atoms with Crippen molar-refractivity contribution in [3.05, 3.63) is 29.8 Å². The Hall–Kier alpha value is -1.49. The van der Waals surface area contributed by atoms with Gasteiger partial charge >= 0.3 is 0 Å². The highest BCUT2D eigenvalue weighted by Crippen LogP contribution is 2.16. The Morgan fingerprint density at radius 2 is 2.18 bits per heavy atom. The topological polar surface area (TPSA) is 55.1 Å². The maximum absolute atomic E-state index is 13.2. The first-order valence-corrected chi connectivity index (χ1v) is 5.54. The van der Waals surface area contributed by atoms with Crippen LogP contribution < -0.4 is 11.1 Å². The van der Waals surface area contributed by atoms with Crippen molar-refractivity contribution in [2.75, 3.05) is 5.32 Å². The zero-order valence-corrected chi connectivity index (χ0v) is 9.67. The van der Waals surface area contributed by atoms with Gasteiger partial charge < -0.3 is 11.1 Å². The summed E-state index contributed by atoms with van der Waals surface area (Å²) in [6.07, 6.45) is 1.70. The number of hydrogen-bond acceptors (Lipinski definition) is 2. The van der Waals surface area contributed by atoms with Crippen LogP contribution >= 0.6 is 0 Å². The summed E-state index contributed by atoms with van der Waals surface area (Å²) in [6, 6.07) is 3.38. The predicted octanol–water partition coefficient (Wildman–Crippen LogP) is 2.42. The van der Waals surface area contributed by atoms with E-state index in [0.29, 0.717) is 0 Å². The Balaban J connectivity index is 2.59. The third-order valence-electron chi connectivity index (χ3n) is 2.33. The molecular formula is C12H16F2N2O. The fourth-order valence-electron chi connectivity index (χ4n) is 1.51. The Labute approximate surface area is 99.0 Å². The van der Waals surface area contributed by atoms with Gasteiger partial charge in [0.2, 0.25) is 5.91 Å². The first-order valence-electron chi connectivity index (χ1n) is 5.54. The van der Waals surface area contributed by atoms with Crippen LogP contribution in [0.5, 0.6) is 0 Å². The van der Waals surface area contributed by atoms with E-state index in [1.54, 1.807) is 0 Å². The summed E-state index contributed by atoms with van der Waals surface area (Å²) in [5, 5.41) is 2.31. The summed E-state index contributed by atoms with van der Waals surface area (Å²) in [7, 11) is 0. The van der Waals surface area contributed by atoms with E-state index in [1.165, 1.54) is 12.1 Å². The minimum atomic E-state index is -1.05. The smallest absolute Gasteiger partial charge is 0.226 e. The zero-order chi connectivity index (χ0) is 12.8. The Morgan fingerprint density at radius 3 is 2.82 bits per heavy atom. The van der Waals surface area contributed by atoms with Crippen LogP contribution in [-0.2, 0) is 4.79 Å². The molecule has 0 aliphatic heterocycles. The van der Waals surface area contributed by atoms with Gasteiger partial charge in [-0.2, -0.15) is 0 Å². The molecule has 1 amide bonds. The van der Waals surface area contributed by atoms with Crippen LogP contribution in [0.3, 0.4) is 0 Å². The van der Waals surface area contributed by atoms with Crippen molar-refractivity contribution < 1.29 is 13.6 Å². The standard InChI is InChI=1S/C12H16F2N2O/c1-2-4-8(15)7-11(17)16-10-6-3-5-9(13)12(10)14/h3,5-6,8H,2,4,7,15H2,1H3,(H,16,17). The van der Waals surface area contributed by atoms with E-state index in [4.69, 9.17) is 5.73 Å². The molecule has 0 spiro atoms. The SMILES string of the molecule is CCCC(N)CC(=O)Nc1cccc(F)c1F. The normalized spacial score (nSPS) is 12.2. The van der Waals surface area contributed by atoms with Crippen molar-refractivity contribution in [2.45, 2.75) is 32.2 Å². The van der Waals surface area contributed by atoms with E-state index in [0.717, 1.165) is 18.9 Å². The van der Waals surface area contributed by atoms with Crippen LogP contribution in [0.2, 0.25) is 0 Å². The molecule has 0 saturated heterocycles. The van der Waals surface area contributed by atoms with Crippen molar-refractivity contribution in [3.63, 3.8) is 0 Å². The van der Waals surface area contributed by atoms with E-state index >= 15 is 0 Å². The monoisotopic (exact) mass is 242 g/mol. The molecular weight excluding hydrogens is 226 g/mol. The number of amides is 1. The highest BCUT2D eigenvalue weighted by Gasteiger charge is 2.13. The van der Waals surface area contributed by atoms with E-state index in [1.807, 2.05) is 6.92 Å². The Morgan fingerprint density at radius 1 is 1.47 bits per heavy atom. The second-order valence-electron chi connectivity index (χ2n) is 3.90. The number of nitrogens with two attached hydrogens (primary N) is 1. The van der Waals surface area contributed by atoms with Gasteiger partial charge in [0.1, 0.15) is 0 Å². The predicted molar refractivity (Wildman–Crippen MR) is 62.5 cm³/mol. The molecule has 3 N–H and O–H groups in total. The van der Waals surface area contributed by atoms with Crippen LogP contribution in [0.4, 0.5) is 14.5 Å². The number of benzene rings is 1. The maximum atomic E-state index is 13.2. The van der Waals surface area contributed by atoms with Crippen LogP contribution in [-0.4, -0.2) is 11.9 Å². The average molecular weight is 242 g/mol. The van der Waals surface area contributed by atoms with Gasteiger partial charge in [0.25, 0.3) is 0 Å². The van der Waals surface area contributed by atoms with Gasteiger partial charge in [-0.05, 0) is 18.6 Å². The highest BCUT2D eigenvalue weighted by molar-refractivity contribution is 5.91. The second kappa shape index (κ2) is 6.30. The lowest BCUT2D eigenvalue weighted by Gasteiger charge is -2.11. The van der Waals surface area contributed by atoms with E-state index in [9.17, 15) is 13.6 Å². The van der Waals surface area contributed by atoms with Crippen molar-refractivity contribution in [3.8, 4) is 0 Å².